The third-order valence-electron chi connectivity index (χ3n) is 2.22. The maximum atomic E-state index is 3.59. The van der Waals surface area contributed by atoms with Gasteiger partial charge in [0.25, 0.3) is 0 Å². The average Bonchev–Trinajstić information content (AvgIpc) is 2.21. The van der Waals surface area contributed by atoms with Crippen LogP contribution in [0, 0.1) is 12.8 Å². The van der Waals surface area contributed by atoms with Crippen molar-refractivity contribution in [2.24, 2.45) is 5.92 Å². The maximum absolute atomic E-state index is 3.59. The van der Waals surface area contributed by atoms with Gasteiger partial charge in [0.1, 0.15) is 0 Å². The van der Waals surface area contributed by atoms with Crippen LogP contribution >= 0.6 is 27.3 Å². The summed E-state index contributed by atoms with van der Waals surface area (Å²) >= 11 is 5.51. The van der Waals surface area contributed by atoms with Crippen molar-refractivity contribution in [1.82, 2.24) is 5.32 Å². The zero-order valence-electron chi connectivity index (χ0n) is 7.06. The smallest absolute Gasteiger partial charge is 0.0317 e. The topological polar surface area (TPSA) is 12.0 Å². The second-order valence-corrected chi connectivity index (χ2v) is 5.55. The molecular weight excluding hydrogens is 234 g/mol. The molecule has 1 nitrogen and oxygen atoms in total. The van der Waals surface area contributed by atoms with E-state index in [0.29, 0.717) is 0 Å². The third kappa shape index (κ3) is 1.73. The van der Waals surface area contributed by atoms with Crippen LogP contribution < -0.4 is 5.32 Å². The van der Waals surface area contributed by atoms with Crippen LogP contribution in [-0.2, 0) is 6.42 Å². The highest BCUT2D eigenvalue weighted by molar-refractivity contribution is 9.10. The van der Waals surface area contributed by atoms with Gasteiger partial charge >= 0.3 is 0 Å². The van der Waals surface area contributed by atoms with Crippen molar-refractivity contribution in [3.05, 3.63) is 20.3 Å². The third-order valence-corrected chi connectivity index (χ3v) is 4.26. The van der Waals surface area contributed by atoms with Crippen LogP contribution in [0.15, 0.2) is 10.5 Å². The minimum atomic E-state index is 0.874. The lowest BCUT2D eigenvalue weighted by Crippen LogP contribution is -2.42. The minimum Gasteiger partial charge on any atom is -0.316 e. The predicted molar refractivity (Wildman–Crippen MR) is 56.8 cm³/mol. The molecule has 2 rings (SSSR count). The largest absolute Gasteiger partial charge is 0.316 e. The molecule has 1 aliphatic rings. The molecule has 1 fully saturated rings. The van der Waals surface area contributed by atoms with Crippen LogP contribution in [0.2, 0.25) is 0 Å². The Kier molecular flexibility index (Phi) is 2.53. The Morgan fingerprint density at radius 2 is 2.42 bits per heavy atom. The van der Waals surface area contributed by atoms with E-state index < -0.39 is 0 Å². The molecule has 0 aliphatic carbocycles. The molecule has 1 aromatic heterocycles. The Balaban J connectivity index is 2.05. The summed E-state index contributed by atoms with van der Waals surface area (Å²) < 4.78 is 1.30. The summed E-state index contributed by atoms with van der Waals surface area (Å²) in [6, 6.07) is 2.21. The van der Waals surface area contributed by atoms with Crippen molar-refractivity contribution >= 4 is 27.3 Å². The Labute approximate surface area is 85.3 Å². The van der Waals surface area contributed by atoms with E-state index in [9.17, 15) is 0 Å². The van der Waals surface area contributed by atoms with Crippen LogP contribution in [0.4, 0.5) is 0 Å². The number of halogens is 1. The van der Waals surface area contributed by atoms with Crippen molar-refractivity contribution in [3.8, 4) is 0 Å². The second kappa shape index (κ2) is 3.48. The fourth-order valence-corrected chi connectivity index (χ4v) is 3.37. The molecule has 1 saturated heterocycles. The SMILES string of the molecule is Cc1cc(Br)c(CC2CNC2)s1. The summed E-state index contributed by atoms with van der Waals surface area (Å²) in [5, 5.41) is 3.30. The molecular formula is C9H12BrNS. The van der Waals surface area contributed by atoms with Gasteiger partial charge in [-0.1, -0.05) is 0 Å². The number of hydrogen-bond donors (Lipinski definition) is 1. The molecule has 2 heterocycles. The average molecular weight is 246 g/mol. The van der Waals surface area contributed by atoms with Gasteiger partial charge in [0.05, 0.1) is 0 Å². The lowest BCUT2D eigenvalue weighted by molar-refractivity contribution is 0.348. The monoisotopic (exact) mass is 245 g/mol. The minimum absolute atomic E-state index is 0.874. The molecule has 66 valence electrons. The molecule has 1 aromatic rings. The van der Waals surface area contributed by atoms with E-state index in [1.807, 2.05) is 11.3 Å². The van der Waals surface area contributed by atoms with Crippen molar-refractivity contribution in [1.29, 1.82) is 0 Å². The molecule has 0 aromatic carbocycles. The molecule has 0 spiro atoms. The molecule has 3 heteroatoms. The van der Waals surface area contributed by atoms with Gasteiger partial charge in [0.15, 0.2) is 0 Å². The Bertz CT molecular complexity index is 278. The molecule has 0 bridgehead atoms. The number of hydrogen-bond acceptors (Lipinski definition) is 2. The van der Waals surface area contributed by atoms with E-state index in [1.54, 1.807) is 0 Å². The van der Waals surface area contributed by atoms with Crippen molar-refractivity contribution in [2.75, 3.05) is 13.1 Å². The quantitative estimate of drug-likeness (QED) is 0.845. The van der Waals surface area contributed by atoms with E-state index in [2.05, 4.69) is 34.2 Å². The normalized spacial score (nSPS) is 17.8. The highest BCUT2D eigenvalue weighted by atomic mass is 79.9. The first-order valence-electron chi connectivity index (χ1n) is 4.21. The van der Waals surface area contributed by atoms with Crippen molar-refractivity contribution < 1.29 is 0 Å². The fraction of sp³-hybridized carbons (Fsp3) is 0.556. The van der Waals surface area contributed by atoms with E-state index in [1.165, 1.54) is 33.7 Å². The lowest BCUT2D eigenvalue weighted by atomic mass is 9.99. The molecule has 12 heavy (non-hydrogen) atoms. The standard InChI is InChI=1S/C9H12BrNS/c1-6-2-8(10)9(12-6)3-7-4-11-5-7/h2,7,11H,3-5H2,1H3. The molecule has 0 unspecified atom stereocenters. The summed E-state index contributed by atoms with van der Waals surface area (Å²) in [6.45, 7) is 4.56. The van der Waals surface area contributed by atoms with E-state index in [4.69, 9.17) is 0 Å². The molecule has 0 radical (unpaired) electrons. The summed E-state index contributed by atoms with van der Waals surface area (Å²) in [4.78, 5) is 2.92. The molecule has 0 amide bonds. The van der Waals surface area contributed by atoms with Crippen LogP contribution in [0.5, 0.6) is 0 Å². The van der Waals surface area contributed by atoms with Crippen LogP contribution in [-0.4, -0.2) is 13.1 Å². The molecule has 0 atom stereocenters. The molecule has 1 aliphatic heterocycles. The first-order chi connectivity index (χ1) is 5.75. The Morgan fingerprint density at radius 1 is 1.67 bits per heavy atom. The fourth-order valence-electron chi connectivity index (χ4n) is 1.43. The number of rotatable bonds is 2. The zero-order chi connectivity index (χ0) is 8.55. The maximum Gasteiger partial charge on any atom is 0.0317 e. The summed E-state index contributed by atoms with van der Waals surface area (Å²) in [5.74, 6) is 0.874. The van der Waals surface area contributed by atoms with Gasteiger partial charge in [-0.3, -0.25) is 0 Å². The van der Waals surface area contributed by atoms with Crippen LogP contribution in [0.3, 0.4) is 0 Å². The summed E-state index contributed by atoms with van der Waals surface area (Å²) in [7, 11) is 0. The van der Waals surface area contributed by atoms with Crippen molar-refractivity contribution in [2.45, 2.75) is 13.3 Å². The van der Waals surface area contributed by atoms with Gasteiger partial charge in [-0.25, -0.2) is 0 Å². The summed E-state index contributed by atoms with van der Waals surface area (Å²) in [6.07, 6.45) is 1.24. The first-order valence-corrected chi connectivity index (χ1v) is 5.82. The highest BCUT2D eigenvalue weighted by Crippen LogP contribution is 2.29. The highest BCUT2D eigenvalue weighted by Gasteiger charge is 2.18. The van der Waals surface area contributed by atoms with Crippen LogP contribution in [0.1, 0.15) is 9.75 Å². The first kappa shape index (κ1) is 8.73. The number of nitrogens with one attached hydrogen (secondary N) is 1. The van der Waals surface area contributed by atoms with E-state index in [-0.39, 0.29) is 0 Å². The molecule has 1 N–H and O–H groups in total. The van der Waals surface area contributed by atoms with Crippen LogP contribution in [0.25, 0.3) is 0 Å². The number of aryl methyl sites for hydroxylation is 1. The molecule has 0 saturated carbocycles. The predicted octanol–water partition coefficient (Wildman–Crippen LogP) is 2.58. The van der Waals surface area contributed by atoms with Gasteiger partial charge < -0.3 is 5.32 Å². The number of thiophene rings is 1. The van der Waals surface area contributed by atoms with E-state index in [0.717, 1.165) is 5.92 Å². The Morgan fingerprint density at radius 3 is 2.83 bits per heavy atom. The van der Waals surface area contributed by atoms with Gasteiger partial charge in [-0.05, 0) is 54.3 Å². The van der Waals surface area contributed by atoms with Gasteiger partial charge in [-0.15, -0.1) is 11.3 Å². The van der Waals surface area contributed by atoms with Gasteiger partial charge in [-0.2, -0.15) is 0 Å². The van der Waals surface area contributed by atoms with Gasteiger partial charge in [0.2, 0.25) is 0 Å². The lowest BCUT2D eigenvalue weighted by Gasteiger charge is -2.26. The zero-order valence-corrected chi connectivity index (χ0v) is 9.46. The van der Waals surface area contributed by atoms with Crippen molar-refractivity contribution in [3.63, 3.8) is 0 Å². The second-order valence-electron chi connectivity index (χ2n) is 3.36. The van der Waals surface area contributed by atoms with E-state index >= 15 is 0 Å². The summed E-state index contributed by atoms with van der Waals surface area (Å²) in [5.41, 5.74) is 0. The van der Waals surface area contributed by atoms with Gasteiger partial charge in [0, 0.05) is 14.2 Å². The Hall–Kier alpha value is 0.140.